The molecule has 0 radical (unpaired) electrons. The molecule has 0 unspecified atom stereocenters. The van der Waals surface area contributed by atoms with Gasteiger partial charge in [-0.05, 0) is 43.9 Å². The van der Waals surface area contributed by atoms with Gasteiger partial charge in [0.1, 0.15) is 5.78 Å². The Kier molecular flexibility index (Phi) is 45.1. The zero-order valence-electron chi connectivity index (χ0n) is 28.0. The van der Waals surface area contributed by atoms with Gasteiger partial charge in [-0.25, -0.2) is 0 Å². The maximum Gasteiger partial charge on any atom is 2.00 e. The first-order valence-electron chi connectivity index (χ1n) is 16.0. The van der Waals surface area contributed by atoms with Crippen LogP contribution in [-0.2, 0) is 38.9 Å². The smallest absolute Gasteiger partial charge is 0.358 e. The van der Waals surface area contributed by atoms with Crippen LogP contribution in [0.4, 0.5) is 0 Å². The van der Waals surface area contributed by atoms with Gasteiger partial charge in [-0.2, -0.15) is 0 Å². The van der Waals surface area contributed by atoms with Gasteiger partial charge in [0.2, 0.25) is 0 Å². The Morgan fingerprint density at radius 1 is 0.525 bits per heavy atom. The normalized spacial score (nSPS) is 17.8. The molecule has 0 saturated heterocycles. The Morgan fingerprint density at radius 3 is 1.20 bits per heavy atom. The molecule has 2 nitrogen and oxygen atoms in total. The molecule has 244 valence electrons. The van der Waals surface area contributed by atoms with Crippen LogP contribution in [0, 0.1) is 41.5 Å². The topological polar surface area (TPSA) is 20.3 Å². The Bertz CT molecular complexity index is 424. The SMILES string of the molecule is C1CCCC1.C1CCCC1.CCCCCCCCC(=O)CN(CC1CCCC1)CC1CCCC1.[CH3-].[CH3-].[CH3-].[CH3-].[Fe+2].[Fe+2]. The minimum absolute atomic E-state index is 0. The van der Waals surface area contributed by atoms with Crippen molar-refractivity contribution in [2.24, 2.45) is 11.8 Å². The van der Waals surface area contributed by atoms with Gasteiger partial charge in [-0.3, -0.25) is 9.69 Å². The van der Waals surface area contributed by atoms with Crippen LogP contribution < -0.4 is 0 Å². The summed E-state index contributed by atoms with van der Waals surface area (Å²) in [5.41, 5.74) is 0. The molecule has 0 spiro atoms. The summed E-state index contributed by atoms with van der Waals surface area (Å²) in [7, 11) is 0. The molecule has 4 rings (SSSR count). The van der Waals surface area contributed by atoms with E-state index in [0.717, 1.165) is 31.2 Å². The molecule has 0 aromatic carbocycles. The van der Waals surface area contributed by atoms with Gasteiger partial charge in [0.05, 0.1) is 6.54 Å². The van der Waals surface area contributed by atoms with Crippen LogP contribution in [0.5, 0.6) is 0 Å². The van der Waals surface area contributed by atoms with Crippen molar-refractivity contribution < 1.29 is 38.9 Å². The van der Waals surface area contributed by atoms with E-state index in [1.54, 1.807) is 0 Å². The van der Waals surface area contributed by atoms with E-state index >= 15 is 0 Å². The van der Waals surface area contributed by atoms with Crippen LogP contribution in [0.25, 0.3) is 0 Å². The van der Waals surface area contributed by atoms with Crippen molar-refractivity contribution >= 4 is 5.78 Å². The third-order valence-corrected chi connectivity index (χ3v) is 8.69. The second-order valence-corrected chi connectivity index (χ2v) is 12.1. The van der Waals surface area contributed by atoms with Crippen molar-refractivity contribution in [1.29, 1.82) is 0 Å². The van der Waals surface area contributed by atoms with E-state index in [4.69, 9.17) is 0 Å². The second-order valence-electron chi connectivity index (χ2n) is 12.1. The number of carbonyl (C=O) groups excluding carboxylic acids is 1. The Morgan fingerprint density at radius 2 is 0.850 bits per heavy atom. The van der Waals surface area contributed by atoms with Crippen LogP contribution >= 0.6 is 0 Å². The van der Waals surface area contributed by atoms with Gasteiger partial charge in [0.25, 0.3) is 0 Å². The zero-order valence-corrected chi connectivity index (χ0v) is 30.2. The number of ketones is 1. The second kappa shape index (κ2) is 35.9. The number of hydrogen-bond donors (Lipinski definition) is 0. The van der Waals surface area contributed by atoms with Gasteiger partial charge < -0.3 is 29.7 Å². The predicted octanol–water partition coefficient (Wildman–Crippen LogP) is 11.7. The molecule has 0 bridgehead atoms. The van der Waals surface area contributed by atoms with Gasteiger partial charge in [0, 0.05) is 19.5 Å². The summed E-state index contributed by atoms with van der Waals surface area (Å²) in [6.07, 6.45) is 34.7. The Balaban J connectivity index is -0.000000216. The number of nitrogens with zero attached hydrogens (tertiary/aromatic N) is 1. The monoisotopic (exact) mass is 647 g/mol. The van der Waals surface area contributed by atoms with Crippen LogP contribution in [0.3, 0.4) is 0 Å². The van der Waals surface area contributed by atoms with Gasteiger partial charge in [-0.15, -0.1) is 0 Å². The first kappa shape index (κ1) is 50.3. The average molecular weight is 648 g/mol. The van der Waals surface area contributed by atoms with E-state index < -0.39 is 0 Å². The van der Waals surface area contributed by atoms with Crippen LogP contribution in [0.2, 0.25) is 0 Å². The fourth-order valence-electron chi connectivity index (χ4n) is 6.52. The maximum atomic E-state index is 12.4. The van der Waals surface area contributed by atoms with Crippen molar-refractivity contribution in [3.8, 4) is 0 Å². The molecule has 0 amide bonds. The average Bonchev–Trinajstić information content (AvgIpc) is 3.67. The standard InChI is InChI=1S/C22H41NO.2C5H10.4CH3.2Fe/c1-2-3-4-5-6-7-16-22(24)19-23(17-20-12-8-9-13-20)18-21-14-10-11-15-21;2*1-2-4-5-3-1;;;;;;/h20-21H,2-19H2,1H3;2*1-5H2;4*1H3;;/q;;;4*-1;2*+2. The molecular formula is C36H73Fe2NO. The summed E-state index contributed by atoms with van der Waals surface area (Å²) in [6, 6.07) is 0. The van der Waals surface area contributed by atoms with Gasteiger partial charge in [-0.1, -0.05) is 129 Å². The van der Waals surface area contributed by atoms with E-state index in [1.807, 2.05) is 0 Å². The molecule has 40 heavy (non-hydrogen) atoms. The van der Waals surface area contributed by atoms with Crippen LogP contribution in [-0.4, -0.2) is 30.3 Å². The molecule has 0 N–H and O–H groups in total. The predicted molar refractivity (Wildman–Crippen MR) is 175 cm³/mol. The summed E-state index contributed by atoms with van der Waals surface area (Å²) in [6.45, 7) is 5.38. The van der Waals surface area contributed by atoms with Crippen molar-refractivity contribution in [3.05, 3.63) is 29.7 Å². The molecular weight excluding hydrogens is 574 g/mol. The summed E-state index contributed by atoms with van der Waals surface area (Å²) in [4.78, 5) is 15.0. The van der Waals surface area contributed by atoms with Crippen LogP contribution in [0.1, 0.15) is 167 Å². The Labute approximate surface area is 277 Å². The molecule has 0 aromatic rings. The van der Waals surface area contributed by atoms with E-state index in [1.165, 1.54) is 161 Å². The zero-order chi connectivity index (χ0) is 24.1. The number of Topliss-reactive ketones (excluding diaryl/α,β-unsaturated/α-hetero) is 1. The van der Waals surface area contributed by atoms with E-state index in [-0.39, 0.29) is 63.8 Å². The number of carbonyl (C=O) groups is 1. The minimum atomic E-state index is 0. The molecule has 0 atom stereocenters. The fourth-order valence-corrected chi connectivity index (χ4v) is 6.52. The third kappa shape index (κ3) is 27.5. The number of hydrogen-bond acceptors (Lipinski definition) is 2. The summed E-state index contributed by atoms with van der Waals surface area (Å²) >= 11 is 0. The van der Waals surface area contributed by atoms with Crippen molar-refractivity contribution in [3.63, 3.8) is 0 Å². The van der Waals surface area contributed by atoms with E-state index in [9.17, 15) is 4.79 Å². The molecule has 4 saturated carbocycles. The first-order chi connectivity index (χ1) is 16.8. The van der Waals surface area contributed by atoms with Crippen LogP contribution in [0.15, 0.2) is 0 Å². The Hall–Kier alpha value is 0.669. The molecule has 0 aliphatic heterocycles. The largest absolute Gasteiger partial charge is 2.00 e. The number of rotatable bonds is 13. The molecule has 4 fully saturated rings. The van der Waals surface area contributed by atoms with E-state index in [2.05, 4.69) is 11.8 Å². The molecule has 0 aromatic heterocycles. The summed E-state index contributed by atoms with van der Waals surface area (Å²) in [5, 5.41) is 0. The molecule has 4 aliphatic carbocycles. The van der Waals surface area contributed by atoms with E-state index in [0.29, 0.717) is 5.78 Å². The van der Waals surface area contributed by atoms with Gasteiger partial charge in [0.15, 0.2) is 0 Å². The number of unbranched alkanes of at least 4 members (excludes halogenated alkanes) is 5. The summed E-state index contributed by atoms with van der Waals surface area (Å²) < 4.78 is 0. The molecule has 4 aliphatic rings. The van der Waals surface area contributed by atoms with Crippen molar-refractivity contribution in [2.45, 2.75) is 167 Å². The molecule has 4 heteroatoms. The van der Waals surface area contributed by atoms with Crippen molar-refractivity contribution in [1.82, 2.24) is 4.90 Å². The van der Waals surface area contributed by atoms with Gasteiger partial charge >= 0.3 is 34.1 Å². The summed E-state index contributed by atoms with van der Waals surface area (Å²) in [5.74, 6) is 2.24. The molecule has 0 heterocycles. The quantitative estimate of drug-likeness (QED) is 0.113. The first-order valence-corrected chi connectivity index (χ1v) is 16.0. The maximum absolute atomic E-state index is 12.4. The third-order valence-electron chi connectivity index (χ3n) is 8.69. The van der Waals surface area contributed by atoms with Crippen molar-refractivity contribution in [2.75, 3.05) is 19.6 Å². The fraction of sp³-hybridized carbons (Fsp3) is 0.861. The minimum Gasteiger partial charge on any atom is -0.358 e.